The van der Waals surface area contributed by atoms with E-state index in [4.69, 9.17) is 16.3 Å². The van der Waals surface area contributed by atoms with Gasteiger partial charge in [-0.15, -0.1) is 0 Å². The minimum atomic E-state index is -3.96. The molecule has 6 nitrogen and oxygen atoms in total. The Bertz CT molecular complexity index is 898. The summed E-state index contributed by atoms with van der Waals surface area (Å²) in [5.74, 6) is 0.292. The molecule has 2 aromatic carbocycles. The zero-order chi connectivity index (χ0) is 20.0. The molecular weight excluding hydrogens is 388 g/mol. The number of benzene rings is 2. The van der Waals surface area contributed by atoms with Crippen molar-refractivity contribution in [3.8, 4) is 5.75 Å². The van der Waals surface area contributed by atoms with Gasteiger partial charge in [-0.2, -0.15) is 0 Å². The Balaban J connectivity index is 2.26. The van der Waals surface area contributed by atoms with Gasteiger partial charge in [-0.25, -0.2) is 8.42 Å². The van der Waals surface area contributed by atoms with Crippen LogP contribution < -0.4 is 14.8 Å². The van der Waals surface area contributed by atoms with Gasteiger partial charge in [-0.05, 0) is 62.7 Å². The van der Waals surface area contributed by atoms with E-state index < -0.39 is 10.0 Å². The number of sulfonamides is 1. The summed E-state index contributed by atoms with van der Waals surface area (Å²) in [6, 6.07) is 10.7. The maximum absolute atomic E-state index is 12.7. The van der Waals surface area contributed by atoms with Gasteiger partial charge < -0.3 is 10.1 Å². The molecule has 27 heavy (non-hydrogen) atoms. The highest BCUT2D eigenvalue weighted by atomic mass is 35.5. The summed E-state index contributed by atoms with van der Waals surface area (Å²) in [6.07, 6.45) is 0.768. The van der Waals surface area contributed by atoms with E-state index in [2.05, 4.69) is 10.0 Å². The van der Waals surface area contributed by atoms with Gasteiger partial charge in [0.15, 0.2) is 0 Å². The molecule has 0 aromatic heterocycles. The predicted molar refractivity (Wildman–Crippen MR) is 107 cm³/mol. The van der Waals surface area contributed by atoms with Crippen molar-refractivity contribution < 1.29 is 17.9 Å². The van der Waals surface area contributed by atoms with Crippen LogP contribution in [0.1, 0.15) is 37.6 Å². The van der Waals surface area contributed by atoms with Gasteiger partial charge in [0, 0.05) is 17.3 Å². The van der Waals surface area contributed by atoms with Crippen LogP contribution in [0, 0.1) is 0 Å². The molecule has 1 unspecified atom stereocenters. The monoisotopic (exact) mass is 410 g/mol. The maximum Gasteiger partial charge on any atom is 0.263 e. The number of anilines is 1. The standard InChI is InChI=1S/C19H23ClN2O4S/c1-4-13(3)21-19(23)14-6-11-17(20)18(12-14)27(24,25)22-15-7-9-16(10-8-15)26-5-2/h6-13,22H,4-5H2,1-3H3,(H,21,23). The van der Waals surface area contributed by atoms with Crippen LogP contribution in [0.3, 0.4) is 0 Å². The van der Waals surface area contributed by atoms with Gasteiger partial charge in [0.2, 0.25) is 0 Å². The van der Waals surface area contributed by atoms with Gasteiger partial charge >= 0.3 is 0 Å². The molecule has 1 amide bonds. The number of halogens is 1. The average Bonchev–Trinajstić information content (AvgIpc) is 2.63. The fourth-order valence-corrected chi connectivity index (χ4v) is 3.84. The second kappa shape index (κ2) is 9.10. The fourth-order valence-electron chi connectivity index (χ4n) is 2.26. The lowest BCUT2D eigenvalue weighted by molar-refractivity contribution is 0.0939. The van der Waals surface area contributed by atoms with E-state index in [1.165, 1.54) is 18.2 Å². The first-order valence-electron chi connectivity index (χ1n) is 8.63. The van der Waals surface area contributed by atoms with Crippen molar-refractivity contribution in [1.29, 1.82) is 0 Å². The molecule has 0 bridgehead atoms. The third-order valence-corrected chi connectivity index (χ3v) is 5.75. The van der Waals surface area contributed by atoms with Gasteiger partial charge in [0.05, 0.1) is 11.6 Å². The molecule has 0 aliphatic carbocycles. The number of amides is 1. The van der Waals surface area contributed by atoms with Crippen LogP contribution >= 0.6 is 11.6 Å². The predicted octanol–water partition coefficient (Wildman–Crippen LogP) is 4.07. The quantitative estimate of drug-likeness (QED) is 0.687. The van der Waals surface area contributed by atoms with Crippen molar-refractivity contribution in [3.05, 3.63) is 53.1 Å². The molecular formula is C19H23ClN2O4S. The highest BCUT2D eigenvalue weighted by Crippen LogP contribution is 2.26. The average molecular weight is 411 g/mol. The van der Waals surface area contributed by atoms with Crippen LogP contribution in [0.2, 0.25) is 5.02 Å². The molecule has 0 radical (unpaired) electrons. The SMILES string of the molecule is CCOc1ccc(NS(=O)(=O)c2cc(C(=O)NC(C)CC)ccc2Cl)cc1. The van der Waals surface area contributed by atoms with Crippen molar-refractivity contribution in [1.82, 2.24) is 5.32 Å². The molecule has 0 aliphatic rings. The van der Waals surface area contributed by atoms with Crippen molar-refractivity contribution >= 4 is 33.2 Å². The third kappa shape index (κ3) is 5.61. The summed E-state index contributed by atoms with van der Waals surface area (Å²) in [5.41, 5.74) is 0.593. The number of hydrogen-bond donors (Lipinski definition) is 2. The Morgan fingerprint density at radius 1 is 1.15 bits per heavy atom. The minimum Gasteiger partial charge on any atom is -0.494 e. The van der Waals surface area contributed by atoms with Crippen molar-refractivity contribution in [2.24, 2.45) is 0 Å². The van der Waals surface area contributed by atoms with Crippen molar-refractivity contribution in [3.63, 3.8) is 0 Å². The molecule has 2 aromatic rings. The number of carbonyl (C=O) groups excluding carboxylic acids is 1. The highest BCUT2D eigenvalue weighted by molar-refractivity contribution is 7.92. The van der Waals surface area contributed by atoms with Crippen LogP contribution in [0.4, 0.5) is 5.69 Å². The normalized spacial score (nSPS) is 12.3. The Morgan fingerprint density at radius 2 is 1.81 bits per heavy atom. The van der Waals surface area contributed by atoms with Gasteiger partial charge in [-0.1, -0.05) is 18.5 Å². The van der Waals surface area contributed by atoms with Crippen LogP contribution in [0.15, 0.2) is 47.4 Å². The van der Waals surface area contributed by atoms with E-state index in [9.17, 15) is 13.2 Å². The largest absolute Gasteiger partial charge is 0.494 e. The molecule has 0 saturated heterocycles. The second-order valence-electron chi connectivity index (χ2n) is 5.99. The topological polar surface area (TPSA) is 84.5 Å². The van der Waals surface area contributed by atoms with Crippen LogP contribution in [0.5, 0.6) is 5.75 Å². The van der Waals surface area contributed by atoms with Crippen LogP contribution in [-0.4, -0.2) is 27.0 Å². The molecule has 0 heterocycles. The van der Waals surface area contributed by atoms with Crippen molar-refractivity contribution in [2.75, 3.05) is 11.3 Å². The molecule has 0 fully saturated rings. The Kier molecular flexibility index (Phi) is 7.10. The van der Waals surface area contributed by atoms with E-state index in [-0.39, 0.29) is 27.4 Å². The first-order chi connectivity index (χ1) is 12.8. The fraction of sp³-hybridized carbons (Fsp3) is 0.316. The summed E-state index contributed by atoms with van der Waals surface area (Å²) < 4.78 is 33.3. The Labute approximate surface area is 164 Å². The smallest absolute Gasteiger partial charge is 0.263 e. The Hall–Kier alpha value is -2.25. The van der Waals surface area contributed by atoms with Gasteiger partial charge in [0.1, 0.15) is 10.6 Å². The number of nitrogens with one attached hydrogen (secondary N) is 2. The maximum atomic E-state index is 12.7. The molecule has 1 atom stereocenters. The summed E-state index contributed by atoms with van der Waals surface area (Å²) >= 11 is 6.08. The first kappa shape index (κ1) is 21.1. The summed E-state index contributed by atoms with van der Waals surface area (Å²) in [7, 11) is -3.96. The van der Waals surface area contributed by atoms with Crippen LogP contribution in [0.25, 0.3) is 0 Å². The van der Waals surface area contributed by atoms with E-state index in [1.807, 2.05) is 20.8 Å². The Morgan fingerprint density at radius 3 is 2.41 bits per heavy atom. The number of carbonyl (C=O) groups is 1. The minimum absolute atomic E-state index is 0.0183. The third-order valence-electron chi connectivity index (χ3n) is 3.89. The van der Waals surface area contributed by atoms with E-state index in [1.54, 1.807) is 24.3 Å². The molecule has 0 saturated carbocycles. The number of hydrogen-bond acceptors (Lipinski definition) is 4. The lowest BCUT2D eigenvalue weighted by Crippen LogP contribution is -2.32. The van der Waals surface area contributed by atoms with E-state index >= 15 is 0 Å². The van der Waals surface area contributed by atoms with Crippen molar-refractivity contribution in [2.45, 2.75) is 38.1 Å². The summed E-state index contributed by atoms with van der Waals surface area (Å²) in [5, 5.41) is 2.84. The first-order valence-corrected chi connectivity index (χ1v) is 10.5. The van der Waals surface area contributed by atoms with E-state index in [0.29, 0.717) is 18.0 Å². The molecule has 2 rings (SSSR count). The molecule has 2 N–H and O–H groups in total. The molecule has 146 valence electrons. The zero-order valence-electron chi connectivity index (χ0n) is 15.5. The van der Waals surface area contributed by atoms with Gasteiger partial charge in [-0.3, -0.25) is 9.52 Å². The van der Waals surface area contributed by atoms with Crippen LogP contribution in [-0.2, 0) is 10.0 Å². The van der Waals surface area contributed by atoms with Gasteiger partial charge in [0.25, 0.3) is 15.9 Å². The molecule has 8 heteroatoms. The number of rotatable bonds is 8. The summed E-state index contributed by atoms with van der Waals surface area (Å²) in [6.45, 7) is 6.21. The highest BCUT2D eigenvalue weighted by Gasteiger charge is 2.21. The van der Waals surface area contributed by atoms with E-state index in [0.717, 1.165) is 6.42 Å². The second-order valence-corrected chi connectivity index (χ2v) is 8.05. The lowest BCUT2D eigenvalue weighted by Gasteiger charge is -2.14. The lowest BCUT2D eigenvalue weighted by atomic mass is 10.2. The number of ether oxygens (including phenoxy) is 1. The molecule has 0 spiro atoms. The summed E-state index contributed by atoms with van der Waals surface area (Å²) in [4.78, 5) is 12.1. The molecule has 0 aliphatic heterocycles. The zero-order valence-corrected chi connectivity index (χ0v) is 17.0.